The average molecular weight is 1720 g/mol. The van der Waals surface area contributed by atoms with E-state index >= 15 is 0 Å². The Bertz CT molecular complexity index is 3840. The number of halogens is 1. The second kappa shape index (κ2) is 45.7. The van der Waals surface area contributed by atoms with Crippen molar-refractivity contribution in [2.24, 2.45) is 23.5 Å². The summed E-state index contributed by atoms with van der Waals surface area (Å²) in [7, 11) is 0. The molecule has 0 radical (unpaired) electrons. The number of nitrogens with two attached hydrogens (primary N) is 1. The van der Waals surface area contributed by atoms with Gasteiger partial charge in [0.2, 0.25) is 17.8 Å². The molecule has 2 aromatic carbocycles. The first kappa shape index (κ1) is 91.2. The van der Waals surface area contributed by atoms with Gasteiger partial charge in [-0.25, -0.2) is 19.4 Å². The van der Waals surface area contributed by atoms with Gasteiger partial charge in [-0.1, -0.05) is 37.4 Å². The zero-order valence-corrected chi connectivity index (χ0v) is 76.7. The number of aromatic carboxylic acids is 1. The molecule has 0 bridgehead atoms. The van der Waals surface area contributed by atoms with Gasteiger partial charge in [-0.3, -0.25) is 34.1 Å². The van der Waals surface area contributed by atoms with Crippen molar-refractivity contribution in [1.82, 2.24) is 40.0 Å². The summed E-state index contributed by atoms with van der Waals surface area (Å²) in [5, 5.41) is 25.6. The molecule has 8 heterocycles. The van der Waals surface area contributed by atoms with Crippen molar-refractivity contribution in [3.05, 3.63) is 204 Å². The van der Waals surface area contributed by atoms with E-state index in [1.165, 1.54) is 135 Å². The first-order valence-electron chi connectivity index (χ1n) is 36.9. The Morgan fingerprint density at radius 1 is 0.546 bits per heavy atom. The van der Waals surface area contributed by atoms with Crippen LogP contribution in [0.15, 0.2) is 147 Å². The Morgan fingerprint density at radius 2 is 0.917 bits per heavy atom. The molecule has 4 aromatic heterocycles. The van der Waals surface area contributed by atoms with Gasteiger partial charge >= 0.3 is 156 Å². The van der Waals surface area contributed by atoms with Crippen LogP contribution in [0.4, 0.5) is 25.4 Å². The van der Waals surface area contributed by atoms with Gasteiger partial charge in [0, 0.05) is 104 Å². The van der Waals surface area contributed by atoms with E-state index in [-0.39, 0.29) is 193 Å². The van der Waals surface area contributed by atoms with Crippen molar-refractivity contribution < 1.29 is 202 Å². The number of hydrogen-bond acceptors (Lipinski definition) is 17. The number of benzene rings is 2. The van der Waals surface area contributed by atoms with Crippen LogP contribution in [0.1, 0.15) is 204 Å². The molecule has 4 atom stereocenters. The number of nitrogens with one attached hydrogen (secondary N) is 3. The van der Waals surface area contributed by atoms with Crippen LogP contribution >= 0.6 is 0 Å². The van der Waals surface area contributed by atoms with Crippen molar-refractivity contribution in [2.75, 3.05) is 63.0 Å². The van der Waals surface area contributed by atoms with E-state index in [2.05, 4.69) is 96.5 Å². The van der Waals surface area contributed by atoms with Gasteiger partial charge in [0.05, 0.1) is 5.56 Å². The maximum absolute atomic E-state index is 12.8. The van der Waals surface area contributed by atoms with Gasteiger partial charge < -0.3 is 62.5 Å². The second-order valence-corrected chi connectivity index (χ2v) is 30.2. The van der Waals surface area contributed by atoms with Gasteiger partial charge in [-0.15, -0.1) is 0 Å². The predicted octanol–water partition coefficient (Wildman–Crippen LogP) is 6.77. The minimum atomic E-state index is -0.994. The molecule has 4 aliphatic carbocycles. The minimum absolute atomic E-state index is 0. The quantitative estimate of drug-likeness (QED) is 0.0207. The molecule has 0 spiro atoms. The second-order valence-electron chi connectivity index (χ2n) is 30.2. The van der Waals surface area contributed by atoms with Crippen molar-refractivity contribution in [2.45, 2.75) is 179 Å². The summed E-state index contributed by atoms with van der Waals surface area (Å²) in [5.41, 5.74) is 15.8. The van der Waals surface area contributed by atoms with Crippen LogP contribution in [0.5, 0.6) is 0 Å². The van der Waals surface area contributed by atoms with Crippen LogP contribution in [0.25, 0.3) is 0 Å². The molecule has 108 heavy (non-hydrogen) atoms. The molecule has 23 nitrogen and oxygen atoms in total. The Morgan fingerprint density at radius 3 is 1.24 bits per heavy atom. The Hall–Kier alpha value is -5.68. The zero-order valence-electron chi connectivity index (χ0n) is 65.1. The number of pyridine rings is 4. The summed E-state index contributed by atoms with van der Waals surface area (Å²) in [6, 6.07) is 29.5. The molecule has 570 valence electrons. The topological polar surface area (TPSA) is 314 Å². The number of anilines is 2. The summed E-state index contributed by atoms with van der Waals surface area (Å²) in [6.07, 6.45) is 27.4. The van der Waals surface area contributed by atoms with Gasteiger partial charge in [-0.2, -0.15) is 4.39 Å². The fraction of sp³-hybridized carbons (Fsp3) is 0.476. The minimum Gasteiger partial charge on any atom is -1.00 e. The van der Waals surface area contributed by atoms with Crippen LogP contribution < -0.4 is 165 Å². The third-order valence-electron chi connectivity index (χ3n) is 18.7. The molecule has 4 saturated heterocycles. The number of aromatic nitrogens is 4. The van der Waals surface area contributed by atoms with Crippen molar-refractivity contribution in [1.29, 1.82) is 0 Å². The number of likely N-dealkylation sites (tertiary alicyclic amines) is 3. The van der Waals surface area contributed by atoms with Crippen molar-refractivity contribution in [3.63, 3.8) is 0 Å². The molecule has 5 amide bonds. The number of ether oxygens (including phenoxy) is 2. The van der Waals surface area contributed by atoms with Gasteiger partial charge in [0.1, 0.15) is 11.2 Å². The van der Waals surface area contributed by atoms with Gasteiger partial charge in [0.15, 0.2) is 0 Å². The summed E-state index contributed by atoms with van der Waals surface area (Å²) < 4.78 is 22.9. The van der Waals surface area contributed by atoms with Crippen molar-refractivity contribution >= 4 is 53.7 Å². The summed E-state index contributed by atoms with van der Waals surface area (Å²) in [4.78, 5) is 103. The predicted molar refractivity (Wildman–Crippen MR) is 403 cm³/mol. The van der Waals surface area contributed by atoms with Crippen LogP contribution in [-0.2, 0) is 48.0 Å². The van der Waals surface area contributed by atoms with E-state index in [4.69, 9.17) is 30.4 Å². The Kier molecular flexibility index (Phi) is 38.6. The zero-order chi connectivity index (χ0) is 76.3. The average Bonchev–Trinajstić information content (AvgIpc) is 1.76. The SMILES string of the molecule is C=CC(=O)Nc1ccc(C(=O)N2CC[C@@H](Cc3ccc(C4CC4)cn3)C2)cc1.C=CC(=O)Nc1ccc(C(=O)O)cc1.CC(C)(C)OC(=O)N1CC[C@@H](Cc2ccc(C3CC3)cn2)C1.CC(C)(C)OC(=O)N1CC[C@@H](N)C1.Fc1ccc(C2CC2)cn1.O=CO[O-].[Cs+].[Cs+].[H-].c1cc(C[C@@H]2CCNC2)ncc1C1CC1. The largest absolute Gasteiger partial charge is 1.00 e. The van der Waals surface area contributed by atoms with E-state index in [1.54, 1.807) is 35.4 Å². The molecule has 26 heteroatoms. The summed E-state index contributed by atoms with van der Waals surface area (Å²) in [6.45, 7) is 24.7. The fourth-order valence-corrected chi connectivity index (χ4v) is 12.4. The number of hydrogen-bond donors (Lipinski definition) is 5. The van der Waals surface area contributed by atoms with Gasteiger partial charge in [0.25, 0.3) is 12.4 Å². The smallest absolute Gasteiger partial charge is 1.00 e. The molecule has 8 fully saturated rings. The molecule has 4 saturated carbocycles. The third-order valence-corrected chi connectivity index (χ3v) is 18.7. The summed E-state index contributed by atoms with van der Waals surface area (Å²) in [5.74, 6) is 2.83. The molecule has 14 rings (SSSR count). The molecule has 6 N–H and O–H groups in total. The molecule has 4 aliphatic heterocycles. The maximum Gasteiger partial charge on any atom is 1.00 e. The number of carbonyl (C=O) groups excluding carboxylic acids is 6. The number of amides is 5. The van der Waals surface area contributed by atoms with E-state index in [0.29, 0.717) is 41.2 Å². The number of carbonyl (C=O) groups is 7. The Balaban J connectivity index is 0.000000238. The molecule has 6 aromatic rings. The Labute approximate surface area is 754 Å². The molecular formula is C82H106Cs2FN11O12. The monoisotopic (exact) mass is 1720 g/mol. The third kappa shape index (κ3) is 33.7. The van der Waals surface area contributed by atoms with Crippen LogP contribution in [0.2, 0.25) is 0 Å². The van der Waals surface area contributed by atoms with E-state index in [1.807, 2.05) is 69.8 Å². The van der Waals surface area contributed by atoms with E-state index in [9.17, 15) is 33.2 Å². The fourth-order valence-electron chi connectivity index (χ4n) is 12.4. The first-order chi connectivity index (χ1) is 50.7. The normalized spacial score (nSPS) is 18.7. The maximum atomic E-state index is 12.8. The molecular weight excluding hydrogens is 1620 g/mol. The van der Waals surface area contributed by atoms with Crippen LogP contribution in [0.3, 0.4) is 0 Å². The van der Waals surface area contributed by atoms with Crippen molar-refractivity contribution in [3.8, 4) is 0 Å². The van der Waals surface area contributed by atoms with Crippen LogP contribution in [-0.4, -0.2) is 152 Å². The summed E-state index contributed by atoms with van der Waals surface area (Å²) >= 11 is 0. The molecule has 0 unspecified atom stereocenters. The number of rotatable bonds is 17. The first-order valence-corrected chi connectivity index (χ1v) is 36.9. The molecule has 8 aliphatic rings. The number of carboxylic acid groups (broad SMARTS) is 1. The standard InChI is InChI=1S/C23H25N3O2.C18H26N2O2.C13H18N2.C10H9NO3.C9H18N2O2.C8H8FN.CH2O3.2Cs.H/c1-2-22(27)25-20-8-5-18(6-9-20)23(28)26-12-11-16(15-26)13-21-10-7-19(14-24-21)17-3-4-17;1-18(2,3)22-17(21)20-9-8-13(12-20)10-16-7-6-15(11-19-16)14-4-5-14;1-2-11(1)12-3-4-13(15-9-12)7-10-5-6-14-8-10;1-2-9(12)11-8-5-3-7(4-6-8)10(13)14;1-9(2,3)13-8(12)11-5-4-7(10)6-11;9-8-4-3-7(5-10-8)6-1-2-6;2-1-4-3;;;/h2,5-10,14,16-17H,1,3-4,11-13,15H2,(H,25,27);6-7,11,13-14H,4-5,8-10,12H2,1-3H3;3-4,9-11,14H,1-2,5-8H2;2-6H,1H2,(H,11,12)(H,13,14);7H,4-6,10H2,1-3H3;3-6H,1-2H2;1,3H;;;/q;;;;;;;2*+1;-1/p-1/t16-;13-;10-;;7-;;;;;/m000.1...../s1. The van der Waals surface area contributed by atoms with E-state index < -0.39 is 17.2 Å². The number of carboxylic acids is 1. The van der Waals surface area contributed by atoms with Gasteiger partial charge in [-0.05, 0) is 300 Å². The number of nitrogens with zero attached hydrogens (tertiary/aromatic N) is 7. The van der Waals surface area contributed by atoms with Crippen LogP contribution in [0, 0.1) is 23.7 Å². The van der Waals surface area contributed by atoms with E-state index in [0.717, 1.165) is 112 Å².